The monoisotopic (exact) mass is 411 g/mol. The molecule has 0 aliphatic rings. The number of nitrogens with zero attached hydrogens (tertiary/aromatic N) is 3. The molecule has 4 aromatic rings. The van der Waals surface area contributed by atoms with Crippen molar-refractivity contribution in [2.24, 2.45) is 7.05 Å². The van der Waals surface area contributed by atoms with Crippen molar-refractivity contribution in [1.29, 1.82) is 0 Å². The predicted molar refractivity (Wildman–Crippen MR) is 116 cm³/mol. The Balaban J connectivity index is 1.64. The molecule has 4 rings (SSSR count). The minimum Gasteiger partial charge on any atom is -0.305 e. The van der Waals surface area contributed by atoms with Gasteiger partial charge in [-0.25, -0.2) is 0 Å². The van der Waals surface area contributed by atoms with Crippen LogP contribution in [-0.2, 0) is 12.8 Å². The summed E-state index contributed by atoms with van der Waals surface area (Å²) in [6, 6.07) is 18.4. The van der Waals surface area contributed by atoms with Crippen LogP contribution < -0.4 is 0 Å². The average Bonchev–Trinajstić information content (AvgIpc) is 3.23. The number of aryl methyl sites for hydroxylation is 1. The molecule has 136 valence electrons. The van der Waals surface area contributed by atoms with Crippen LogP contribution in [0.3, 0.4) is 0 Å². The Bertz CT molecular complexity index is 1070. The molecule has 0 unspecified atom stereocenters. The highest BCUT2D eigenvalue weighted by Crippen LogP contribution is 2.38. The molecular formula is C21H18ClN3S2. The fourth-order valence-electron chi connectivity index (χ4n) is 3.03. The second-order valence-electron chi connectivity index (χ2n) is 6.23. The first-order valence-corrected chi connectivity index (χ1v) is 10.8. The van der Waals surface area contributed by atoms with Gasteiger partial charge in [0.1, 0.15) is 0 Å². The lowest BCUT2D eigenvalue weighted by molar-refractivity contribution is 0.794. The highest BCUT2D eigenvalue weighted by atomic mass is 35.5. The quantitative estimate of drug-likeness (QED) is 0.353. The summed E-state index contributed by atoms with van der Waals surface area (Å²) in [6.07, 6.45) is 0. The van der Waals surface area contributed by atoms with Gasteiger partial charge in [-0.1, -0.05) is 65.8 Å². The van der Waals surface area contributed by atoms with E-state index < -0.39 is 0 Å². The number of halogens is 1. The van der Waals surface area contributed by atoms with Gasteiger partial charge in [-0.05, 0) is 30.2 Å². The summed E-state index contributed by atoms with van der Waals surface area (Å²) in [5, 5.41) is 12.7. The van der Waals surface area contributed by atoms with E-state index in [1.165, 1.54) is 21.6 Å². The maximum atomic E-state index is 6.08. The predicted octanol–water partition coefficient (Wildman–Crippen LogP) is 6.46. The summed E-state index contributed by atoms with van der Waals surface area (Å²) in [7, 11) is 2.03. The molecule has 2 heterocycles. The highest BCUT2D eigenvalue weighted by Gasteiger charge is 2.18. The van der Waals surface area contributed by atoms with E-state index in [1.807, 2.05) is 31.3 Å². The van der Waals surface area contributed by atoms with Crippen molar-refractivity contribution in [3.05, 3.63) is 75.4 Å². The molecule has 0 radical (unpaired) electrons. The lowest BCUT2D eigenvalue weighted by Gasteiger charge is -2.07. The Kier molecular flexibility index (Phi) is 5.34. The van der Waals surface area contributed by atoms with Gasteiger partial charge < -0.3 is 4.57 Å². The molecule has 2 aromatic heterocycles. The molecule has 0 atom stereocenters. The normalized spacial score (nSPS) is 11.1. The van der Waals surface area contributed by atoms with Gasteiger partial charge >= 0.3 is 0 Å². The summed E-state index contributed by atoms with van der Waals surface area (Å²) in [5.41, 5.74) is 4.76. The molecule has 27 heavy (non-hydrogen) atoms. The minimum absolute atomic E-state index is 0.757. The van der Waals surface area contributed by atoms with Gasteiger partial charge in [0.2, 0.25) is 0 Å². The van der Waals surface area contributed by atoms with Crippen molar-refractivity contribution in [3.8, 4) is 22.5 Å². The first kappa shape index (κ1) is 18.3. The topological polar surface area (TPSA) is 30.7 Å². The summed E-state index contributed by atoms with van der Waals surface area (Å²) in [5.74, 6) is 1.70. The molecule has 0 aliphatic heterocycles. The first-order chi connectivity index (χ1) is 13.1. The molecule has 0 N–H and O–H groups in total. The smallest absolute Gasteiger partial charge is 0.191 e. The Morgan fingerprint density at radius 2 is 1.89 bits per heavy atom. The van der Waals surface area contributed by atoms with Crippen molar-refractivity contribution in [3.63, 3.8) is 0 Å². The molecule has 6 heteroatoms. The molecule has 3 nitrogen and oxygen atoms in total. The van der Waals surface area contributed by atoms with E-state index in [4.69, 9.17) is 11.6 Å². The van der Waals surface area contributed by atoms with Crippen LogP contribution in [0.5, 0.6) is 0 Å². The van der Waals surface area contributed by atoms with Gasteiger partial charge in [0.05, 0.1) is 0 Å². The van der Waals surface area contributed by atoms with Crippen LogP contribution in [0.2, 0.25) is 5.02 Å². The SMILES string of the molecule is Cc1scc(-c2nnc(SCc3cccc(Cl)c3)n2C)c1-c1ccccc1. The zero-order valence-corrected chi connectivity index (χ0v) is 17.4. The Hall–Kier alpha value is -2.08. The molecular weight excluding hydrogens is 394 g/mol. The van der Waals surface area contributed by atoms with Crippen molar-refractivity contribution in [2.75, 3.05) is 0 Å². The van der Waals surface area contributed by atoms with Crippen molar-refractivity contribution in [2.45, 2.75) is 17.8 Å². The van der Waals surface area contributed by atoms with Crippen molar-refractivity contribution < 1.29 is 0 Å². The Morgan fingerprint density at radius 1 is 1.07 bits per heavy atom. The zero-order chi connectivity index (χ0) is 18.8. The van der Waals surface area contributed by atoms with E-state index in [0.717, 1.165) is 27.3 Å². The summed E-state index contributed by atoms with van der Waals surface area (Å²) in [4.78, 5) is 1.28. The second kappa shape index (κ2) is 7.89. The number of hydrogen-bond donors (Lipinski definition) is 0. The standard InChI is InChI=1S/C21H18ClN3S2/c1-14-19(16-8-4-3-5-9-16)18(13-26-14)20-23-24-21(25(20)2)27-12-15-7-6-10-17(22)11-15/h3-11,13H,12H2,1-2H3. The molecule has 0 fully saturated rings. The van der Waals surface area contributed by atoms with Crippen LogP contribution in [-0.4, -0.2) is 14.8 Å². The van der Waals surface area contributed by atoms with Crippen molar-refractivity contribution >= 4 is 34.7 Å². The second-order valence-corrected chi connectivity index (χ2v) is 8.69. The number of hydrogen-bond acceptors (Lipinski definition) is 4. The fraction of sp³-hybridized carbons (Fsp3) is 0.143. The largest absolute Gasteiger partial charge is 0.305 e. The Labute approximate surface area is 172 Å². The third kappa shape index (κ3) is 3.81. The van der Waals surface area contributed by atoms with Gasteiger partial charge in [-0.15, -0.1) is 21.5 Å². The Morgan fingerprint density at radius 3 is 2.67 bits per heavy atom. The maximum Gasteiger partial charge on any atom is 0.191 e. The number of benzene rings is 2. The average molecular weight is 412 g/mol. The number of rotatable bonds is 5. The van der Waals surface area contributed by atoms with Gasteiger partial charge in [-0.2, -0.15) is 0 Å². The minimum atomic E-state index is 0.757. The van der Waals surface area contributed by atoms with Crippen LogP contribution in [0.25, 0.3) is 22.5 Å². The van der Waals surface area contributed by atoms with E-state index in [2.05, 4.69) is 57.4 Å². The van der Waals surface area contributed by atoms with Crippen molar-refractivity contribution in [1.82, 2.24) is 14.8 Å². The summed E-state index contributed by atoms with van der Waals surface area (Å²) < 4.78 is 2.07. The van der Waals surface area contributed by atoms with Crippen LogP contribution in [0.4, 0.5) is 0 Å². The van der Waals surface area contributed by atoms with E-state index in [1.54, 1.807) is 23.1 Å². The molecule has 0 amide bonds. The van der Waals surface area contributed by atoms with E-state index >= 15 is 0 Å². The van der Waals surface area contributed by atoms with Gasteiger partial charge in [0.15, 0.2) is 11.0 Å². The van der Waals surface area contributed by atoms with E-state index in [-0.39, 0.29) is 0 Å². The fourth-order valence-corrected chi connectivity index (χ4v) is 4.96. The van der Waals surface area contributed by atoms with Crippen LogP contribution in [0.15, 0.2) is 65.1 Å². The molecule has 2 aromatic carbocycles. The molecule has 0 saturated carbocycles. The van der Waals surface area contributed by atoms with E-state index in [0.29, 0.717) is 0 Å². The van der Waals surface area contributed by atoms with Crippen LogP contribution in [0.1, 0.15) is 10.4 Å². The summed E-state index contributed by atoms with van der Waals surface area (Å²) in [6.45, 7) is 2.15. The van der Waals surface area contributed by atoms with Gasteiger partial charge in [0.25, 0.3) is 0 Å². The lowest BCUT2D eigenvalue weighted by Crippen LogP contribution is -1.95. The summed E-state index contributed by atoms with van der Waals surface area (Å²) >= 11 is 9.49. The number of aromatic nitrogens is 3. The molecule has 0 spiro atoms. The highest BCUT2D eigenvalue weighted by molar-refractivity contribution is 7.98. The zero-order valence-electron chi connectivity index (χ0n) is 15.0. The molecule has 0 bridgehead atoms. The lowest BCUT2D eigenvalue weighted by atomic mass is 10.0. The third-order valence-corrected chi connectivity index (χ3v) is 6.61. The number of thioether (sulfide) groups is 1. The molecule has 0 aliphatic carbocycles. The first-order valence-electron chi connectivity index (χ1n) is 8.54. The van der Waals surface area contributed by atoms with Gasteiger partial charge in [-0.3, -0.25) is 0 Å². The maximum absolute atomic E-state index is 6.08. The third-order valence-electron chi connectivity index (χ3n) is 4.37. The molecule has 0 saturated heterocycles. The van der Waals surface area contributed by atoms with E-state index in [9.17, 15) is 0 Å². The number of thiophene rings is 1. The van der Waals surface area contributed by atoms with Gasteiger partial charge in [0, 0.05) is 39.2 Å². The van der Waals surface area contributed by atoms with Crippen LogP contribution in [0, 0.1) is 6.92 Å². The van der Waals surface area contributed by atoms with Crippen LogP contribution >= 0.6 is 34.7 Å².